The summed E-state index contributed by atoms with van der Waals surface area (Å²) in [5.41, 5.74) is 1.23. The third-order valence-corrected chi connectivity index (χ3v) is 5.05. The number of ether oxygens (including phenoxy) is 1. The van der Waals surface area contributed by atoms with Crippen LogP contribution in [-0.2, 0) is 7.05 Å². The first kappa shape index (κ1) is 15.1. The Balaban J connectivity index is 1.57. The van der Waals surface area contributed by atoms with Gasteiger partial charge in [-0.2, -0.15) is 0 Å². The topological polar surface area (TPSA) is 20.6 Å². The second-order valence-electron chi connectivity index (χ2n) is 5.76. The molecular formula is C16H22IN3O. The molecule has 0 saturated carbocycles. The van der Waals surface area contributed by atoms with E-state index in [0.29, 0.717) is 0 Å². The van der Waals surface area contributed by atoms with Crippen LogP contribution in [0.15, 0.2) is 24.4 Å². The molecule has 0 N–H and O–H groups in total. The van der Waals surface area contributed by atoms with Crippen molar-refractivity contribution in [2.75, 3.05) is 46.4 Å². The lowest BCUT2D eigenvalue weighted by Crippen LogP contribution is -2.45. The molecule has 2 aromatic rings. The number of benzene rings is 1. The summed E-state index contributed by atoms with van der Waals surface area (Å²) in [5.74, 6) is 0.967. The lowest BCUT2D eigenvalue weighted by Gasteiger charge is -2.32. The van der Waals surface area contributed by atoms with Crippen LogP contribution in [0.1, 0.15) is 0 Å². The molecule has 1 aromatic heterocycles. The van der Waals surface area contributed by atoms with Gasteiger partial charge in [0, 0.05) is 61.0 Å². The van der Waals surface area contributed by atoms with Crippen LogP contribution in [0.2, 0.25) is 0 Å². The van der Waals surface area contributed by atoms with Gasteiger partial charge in [0.05, 0.1) is 5.52 Å². The molecule has 0 unspecified atom stereocenters. The number of hydrogen-bond donors (Lipinski definition) is 0. The molecule has 2 heterocycles. The van der Waals surface area contributed by atoms with Gasteiger partial charge in [0.1, 0.15) is 12.4 Å². The summed E-state index contributed by atoms with van der Waals surface area (Å²) in [6.45, 7) is 6.39. The number of halogens is 1. The van der Waals surface area contributed by atoms with Crippen molar-refractivity contribution in [2.24, 2.45) is 7.05 Å². The zero-order valence-electron chi connectivity index (χ0n) is 12.7. The predicted molar refractivity (Wildman–Crippen MR) is 95.1 cm³/mol. The molecule has 4 nitrogen and oxygen atoms in total. The first-order valence-corrected chi connectivity index (χ1v) is 8.49. The highest BCUT2D eigenvalue weighted by atomic mass is 127. The van der Waals surface area contributed by atoms with E-state index in [2.05, 4.69) is 75.4 Å². The Morgan fingerprint density at radius 3 is 2.67 bits per heavy atom. The quantitative estimate of drug-likeness (QED) is 0.737. The van der Waals surface area contributed by atoms with E-state index < -0.39 is 0 Å². The number of rotatable bonds is 4. The van der Waals surface area contributed by atoms with Gasteiger partial charge in [-0.15, -0.1) is 0 Å². The Morgan fingerprint density at radius 1 is 1.14 bits per heavy atom. The molecule has 5 heteroatoms. The van der Waals surface area contributed by atoms with Gasteiger partial charge in [-0.05, 0) is 41.8 Å². The molecule has 0 amide bonds. The smallest absolute Gasteiger partial charge is 0.121 e. The molecule has 1 aromatic carbocycles. The van der Waals surface area contributed by atoms with E-state index in [1.807, 2.05) is 0 Å². The Bertz CT molecular complexity index is 617. The molecule has 1 saturated heterocycles. The Morgan fingerprint density at radius 2 is 1.90 bits per heavy atom. The number of fused-ring (bicyclic) bond motifs is 1. The zero-order chi connectivity index (χ0) is 14.8. The highest BCUT2D eigenvalue weighted by Crippen LogP contribution is 2.26. The van der Waals surface area contributed by atoms with E-state index >= 15 is 0 Å². The number of aryl methyl sites for hydroxylation is 1. The second kappa shape index (κ2) is 6.54. The molecule has 1 aliphatic heterocycles. The summed E-state index contributed by atoms with van der Waals surface area (Å²) in [4.78, 5) is 4.85. The van der Waals surface area contributed by atoms with Crippen LogP contribution in [0, 0.1) is 3.57 Å². The van der Waals surface area contributed by atoms with Gasteiger partial charge in [-0.3, -0.25) is 4.90 Å². The van der Waals surface area contributed by atoms with Crippen LogP contribution in [0.25, 0.3) is 10.9 Å². The van der Waals surface area contributed by atoms with E-state index in [9.17, 15) is 0 Å². The molecule has 0 aliphatic carbocycles. The maximum absolute atomic E-state index is 5.94. The molecule has 1 fully saturated rings. The van der Waals surface area contributed by atoms with Gasteiger partial charge in [-0.25, -0.2) is 0 Å². The van der Waals surface area contributed by atoms with Crippen molar-refractivity contribution in [1.29, 1.82) is 0 Å². The summed E-state index contributed by atoms with van der Waals surface area (Å²) in [7, 11) is 4.27. The fourth-order valence-corrected chi connectivity index (χ4v) is 3.64. The number of aromatic nitrogens is 1. The SMILES string of the molecule is CN1CCN(CCOc2ccc3c(I)cn(C)c3c2)CC1. The van der Waals surface area contributed by atoms with Gasteiger partial charge in [0.2, 0.25) is 0 Å². The Labute approximate surface area is 139 Å². The second-order valence-corrected chi connectivity index (χ2v) is 6.92. The van der Waals surface area contributed by atoms with Crippen molar-refractivity contribution in [3.05, 3.63) is 28.0 Å². The number of likely N-dealkylation sites (N-methyl/N-ethyl adjacent to an activating group) is 1. The molecule has 1 aliphatic rings. The first-order chi connectivity index (χ1) is 10.1. The van der Waals surface area contributed by atoms with Crippen molar-refractivity contribution >= 4 is 33.5 Å². The van der Waals surface area contributed by atoms with Crippen LogP contribution < -0.4 is 4.74 Å². The fourth-order valence-electron chi connectivity index (χ4n) is 2.77. The van der Waals surface area contributed by atoms with Gasteiger partial charge in [0.25, 0.3) is 0 Å². The minimum atomic E-state index is 0.761. The van der Waals surface area contributed by atoms with Gasteiger partial charge in [0.15, 0.2) is 0 Å². The average Bonchev–Trinajstić information content (AvgIpc) is 2.76. The van der Waals surface area contributed by atoms with Crippen LogP contribution in [0.5, 0.6) is 5.75 Å². The van der Waals surface area contributed by atoms with E-state index in [1.54, 1.807) is 0 Å². The van der Waals surface area contributed by atoms with Crippen molar-refractivity contribution in [2.45, 2.75) is 0 Å². The molecule has 0 radical (unpaired) electrons. The molecular weight excluding hydrogens is 377 g/mol. The first-order valence-electron chi connectivity index (χ1n) is 7.42. The molecule has 0 atom stereocenters. The van der Waals surface area contributed by atoms with Crippen molar-refractivity contribution in [1.82, 2.24) is 14.4 Å². The lowest BCUT2D eigenvalue weighted by molar-refractivity contribution is 0.134. The van der Waals surface area contributed by atoms with Crippen LogP contribution >= 0.6 is 22.6 Å². The number of nitrogens with zero attached hydrogens (tertiary/aromatic N) is 3. The number of hydrogen-bond acceptors (Lipinski definition) is 3. The van der Waals surface area contributed by atoms with Gasteiger partial charge >= 0.3 is 0 Å². The standard InChI is InChI=1S/C16H22IN3O/c1-18-5-7-20(8-6-18)9-10-21-13-3-4-14-15(17)12-19(2)16(14)11-13/h3-4,11-12H,5-10H2,1-2H3. The maximum Gasteiger partial charge on any atom is 0.121 e. The third kappa shape index (κ3) is 3.52. The highest BCUT2D eigenvalue weighted by Gasteiger charge is 2.13. The van der Waals surface area contributed by atoms with E-state index in [0.717, 1.165) is 45.1 Å². The normalized spacial score (nSPS) is 17.5. The monoisotopic (exact) mass is 399 g/mol. The van der Waals surface area contributed by atoms with Crippen LogP contribution in [0.4, 0.5) is 0 Å². The van der Waals surface area contributed by atoms with Gasteiger partial charge < -0.3 is 14.2 Å². The maximum atomic E-state index is 5.94. The van der Waals surface area contributed by atoms with Crippen LogP contribution in [0.3, 0.4) is 0 Å². The average molecular weight is 399 g/mol. The lowest BCUT2D eigenvalue weighted by atomic mass is 10.2. The molecule has 21 heavy (non-hydrogen) atoms. The van der Waals surface area contributed by atoms with Crippen molar-refractivity contribution < 1.29 is 4.74 Å². The Hall–Kier alpha value is -0.790. The predicted octanol–water partition coefficient (Wildman–Crippen LogP) is 2.41. The van der Waals surface area contributed by atoms with Crippen LogP contribution in [-0.4, -0.2) is 60.7 Å². The molecule has 0 bridgehead atoms. The van der Waals surface area contributed by atoms with E-state index in [-0.39, 0.29) is 0 Å². The minimum absolute atomic E-state index is 0.761. The largest absolute Gasteiger partial charge is 0.492 e. The highest BCUT2D eigenvalue weighted by molar-refractivity contribution is 14.1. The molecule has 114 valence electrons. The number of piperazine rings is 1. The zero-order valence-corrected chi connectivity index (χ0v) is 14.8. The van der Waals surface area contributed by atoms with E-state index in [1.165, 1.54) is 14.5 Å². The van der Waals surface area contributed by atoms with E-state index in [4.69, 9.17) is 4.74 Å². The fraction of sp³-hybridized carbons (Fsp3) is 0.500. The molecule has 0 spiro atoms. The summed E-state index contributed by atoms with van der Waals surface area (Å²) < 4.78 is 9.38. The van der Waals surface area contributed by atoms with Gasteiger partial charge in [-0.1, -0.05) is 0 Å². The molecule has 3 rings (SSSR count). The summed E-state index contributed by atoms with van der Waals surface area (Å²) in [6.07, 6.45) is 2.15. The summed E-state index contributed by atoms with van der Waals surface area (Å²) >= 11 is 2.38. The van der Waals surface area contributed by atoms with Crippen molar-refractivity contribution in [3.63, 3.8) is 0 Å². The van der Waals surface area contributed by atoms with Crippen molar-refractivity contribution in [3.8, 4) is 5.75 Å². The Kier molecular flexibility index (Phi) is 4.71. The third-order valence-electron chi connectivity index (χ3n) is 4.19. The summed E-state index contributed by atoms with van der Waals surface area (Å²) in [6, 6.07) is 6.37. The minimum Gasteiger partial charge on any atom is -0.492 e. The summed E-state index contributed by atoms with van der Waals surface area (Å²) in [5, 5.41) is 1.30.